The van der Waals surface area contributed by atoms with E-state index in [-0.39, 0.29) is 29.9 Å². The number of aliphatic hydroxyl groups excluding tert-OH is 1. The minimum atomic E-state index is -0.713. The van der Waals surface area contributed by atoms with Gasteiger partial charge in [0.05, 0.1) is 30.7 Å². The van der Waals surface area contributed by atoms with Crippen molar-refractivity contribution in [1.29, 1.82) is 0 Å². The van der Waals surface area contributed by atoms with Crippen LogP contribution in [0.25, 0.3) is 11.0 Å². The van der Waals surface area contributed by atoms with Crippen LogP contribution in [-0.4, -0.2) is 36.2 Å². The molecule has 2 heterocycles. The molecule has 1 aliphatic heterocycles. The first kappa shape index (κ1) is 17.6. The van der Waals surface area contributed by atoms with Crippen LogP contribution in [0, 0.1) is 0 Å². The predicted octanol–water partition coefficient (Wildman–Crippen LogP) is 2.99. The van der Waals surface area contributed by atoms with Crippen molar-refractivity contribution >= 4 is 28.5 Å². The smallest absolute Gasteiger partial charge is 0.290 e. The number of aliphatic hydroxyl groups is 1. The molecule has 1 amide bonds. The largest absolute Gasteiger partial charge is 0.496 e. The number of β-amino-alcohol motifs (C(OH)–C–C–N with tert-alkyl or cyclic N) is 1. The number of halogens is 1. The molecule has 3 aromatic rings. The van der Waals surface area contributed by atoms with Gasteiger partial charge >= 0.3 is 0 Å². The summed E-state index contributed by atoms with van der Waals surface area (Å²) in [5.74, 6) is 0.0831. The Morgan fingerprint density at radius 2 is 2.00 bits per heavy atom. The van der Waals surface area contributed by atoms with E-state index in [2.05, 4.69) is 0 Å². The van der Waals surface area contributed by atoms with Gasteiger partial charge in [-0.3, -0.25) is 9.59 Å². The van der Waals surface area contributed by atoms with Crippen molar-refractivity contribution in [3.8, 4) is 5.75 Å². The molecule has 0 spiro atoms. The van der Waals surface area contributed by atoms with Gasteiger partial charge in [0, 0.05) is 17.1 Å². The number of carbonyl (C=O) groups is 1. The highest BCUT2D eigenvalue weighted by Crippen LogP contribution is 2.41. The first-order chi connectivity index (χ1) is 13.1. The van der Waals surface area contributed by atoms with E-state index in [0.717, 1.165) is 0 Å². The third-order valence-corrected chi connectivity index (χ3v) is 4.94. The zero-order valence-electron chi connectivity index (χ0n) is 14.4. The van der Waals surface area contributed by atoms with Crippen LogP contribution in [-0.2, 0) is 0 Å². The fraction of sp³-hybridized carbons (Fsp3) is 0.200. The quantitative estimate of drug-likeness (QED) is 0.746. The molecule has 0 saturated heterocycles. The number of para-hydroxylation sites is 1. The molecule has 1 unspecified atom stereocenters. The van der Waals surface area contributed by atoms with E-state index in [1.165, 1.54) is 18.1 Å². The molecule has 1 aliphatic rings. The number of carbonyl (C=O) groups excluding carboxylic acids is 1. The van der Waals surface area contributed by atoms with Crippen molar-refractivity contribution in [2.75, 3.05) is 20.3 Å². The number of fused-ring (bicyclic) bond motifs is 2. The number of hydrogen-bond acceptors (Lipinski definition) is 5. The molecule has 1 atom stereocenters. The lowest BCUT2D eigenvalue weighted by atomic mass is 9.97. The molecule has 138 valence electrons. The van der Waals surface area contributed by atoms with E-state index in [1.54, 1.807) is 36.4 Å². The summed E-state index contributed by atoms with van der Waals surface area (Å²) < 4.78 is 11.2. The summed E-state index contributed by atoms with van der Waals surface area (Å²) in [7, 11) is 1.52. The molecule has 6 nitrogen and oxygen atoms in total. The number of rotatable bonds is 4. The van der Waals surface area contributed by atoms with Gasteiger partial charge in [-0.15, -0.1) is 0 Å². The Kier molecular flexibility index (Phi) is 4.37. The Morgan fingerprint density at radius 1 is 1.22 bits per heavy atom. The minimum Gasteiger partial charge on any atom is -0.496 e. The standard InChI is InChI=1S/C20H16ClNO5/c1-26-14-5-3-2-4-12(14)17-16-18(24)13-10-11(21)6-7-15(13)27-19(16)20(25)22(17)8-9-23/h2-7,10,17,23H,8-9H2,1H3. The Morgan fingerprint density at radius 3 is 2.74 bits per heavy atom. The van der Waals surface area contributed by atoms with Crippen LogP contribution in [0.1, 0.15) is 27.7 Å². The number of ether oxygens (including phenoxy) is 1. The molecule has 2 aromatic carbocycles. The van der Waals surface area contributed by atoms with Gasteiger partial charge in [-0.05, 0) is 24.3 Å². The first-order valence-corrected chi connectivity index (χ1v) is 8.75. The van der Waals surface area contributed by atoms with Crippen LogP contribution in [0.15, 0.2) is 51.7 Å². The van der Waals surface area contributed by atoms with Gasteiger partial charge in [-0.2, -0.15) is 0 Å². The minimum absolute atomic E-state index is 0.0146. The number of hydrogen-bond donors (Lipinski definition) is 1. The topological polar surface area (TPSA) is 80.0 Å². The Labute approximate surface area is 159 Å². The van der Waals surface area contributed by atoms with E-state index in [9.17, 15) is 14.7 Å². The van der Waals surface area contributed by atoms with Gasteiger partial charge in [0.1, 0.15) is 11.3 Å². The van der Waals surface area contributed by atoms with E-state index >= 15 is 0 Å². The summed E-state index contributed by atoms with van der Waals surface area (Å²) >= 11 is 6.04. The summed E-state index contributed by atoms with van der Waals surface area (Å²) in [6, 6.07) is 11.1. The zero-order valence-corrected chi connectivity index (χ0v) is 15.2. The SMILES string of the molecule is COc1ccccc1C1c2c(oc3ccc(Cl)cc3c2=O)C(=O)N1CCO. The number of methoxy groups -OCH3 is 1. The fourth-order valence-electron chi connectivity index (χ4n) is 3.55. The zero-order chi connectivity index (χ0) is 19.1. The average Bonchev–Trinajstić information content (AvgIpc) is 2.95. The van der Waals surface area contributed by atoms with Crippen molar-refractivity contribution in [2.24, 2.45) is 0 Å². The molecule has 0 radical (unpaired) electrons. The lowest BCUT2D eigenvalue weighted by Crippen LogP contribution is -2.32. The molecule has 0 aliphatic carbocycles. The summed E-state index contributed by atoms with van der Waals surface area (Å²) in [6.45, 7) is -0.187. The Bertz CT molecular complexity index is 1110. The molecule has 1 aromatic heterocycles. The Balaban J connectivity index is 2.04. The maximum absolute atomic E-state index is 13.3. The number of nitrogens with zero attached hydrogens (tertiary/aromatic N) is 1. The maximum atomic E-state index is 13.3. The summed E-state index contributed by atoms with van der Waals surface area (Å²) in [5, 5.41) is 10.2. The monoisotopic (exact) mass is 385 g/mol. The number of amides is 1. The van der Waals surface area contributed by atoms with Gasteiger partial charge in [-0.1, -0.05) is 29.8 Å². The van der Waals surface area contributed by atoms with Crippen LogP contribution in [0.5, 0.6) is 5.75 Å². The van der Waals surface area contributed by atoms with Gasteiger partial charge < -0.3 is 19.2 Å². The van der Waals surface area contributed by atoms with Crippen LogP contribution < -0.4 is 10.2 Å². The first-order valence-electron chi connectivity index (χ1n) is 8.37. The van der Waals surface area contributed by atoms with Crippen molar-refractivity contribution in [2.45, 2.75) is 6.04 Å². The van der Waals surface area contributed by atoms with Crippen molar-refractivity contribution in [3.63, 3.8) is 0 Å². The van der Waals surface area contributed by atoms with Crippen LogP contribution in [0.2, 0.25) is 5.02 Å². The molecule has 0 fully saturated rings. The van der Waals surface area contributed by atoms with E-state index in [0.29, 0.717) is 27.3 Å². The van der Waals surface area contributed by atoms with Crippen molar-refractivity contribution in [1.82, 2.24) is 4.90 Å². The molecule has 0 saturated carbocycles. The highest BCUT2D eigenvalue weighted by molar-refractivity contribution is 6.31. The van der Waals surface area contributed by atoms with Gasteiger partial charge in [0.15, 0.2) is 5.43 Å². The van der Waals surface area contributed by atoms with E-state index in [4.69, 9.17) is 20.8 Å². The molecule has 27 heavy (non-hydrogen) atoms. The highest BCUT2D eigenvalue weighted by atomic mass is 35.5. The summed E-state index contributed by atoms with van der Waals surface area (Å²) in [4.78, 5) is 27.6. The average molecular weight is 386 g/mol. The molecule has 4 rings (SSSR count). The normalized spacial score (nSPS) is 16.0. The molecule has 7 heteroatoms. The van der Waals surface area contributed by atoms with E-state index < -0.39 is 11.9 Å². The lowest BCUT2D eigenvalue weighted by molar-refractivity contribution is 0.0690. The maximum Gasteiger partial charge on any atom is 0.290 e. The summed E-state index contributed by atoms with van der Waals surface area (Å²) in [6.07, 6.45) is 0. The fourth-order valence-corrected chi connectivity index (χ4v) is 3.72. The lowest BCUT2D eigenvalue weighted by Gasteiger charge is -2.25. The molecule has 1 N–H and O–H groups in total. The molecular formula is C20H16ClNO5. The van der Waals surface area contributed by atoms with Gasteiger partial charge in [0.25, 0.3) is 5.91 Å². The van der Waals surface area contributed by atoms with Crippen molar-refractivity contribution < 1.29 is 19.1 Å². The molecular weight excluding hydrogens is 370 g/mol. The van der Waals surface area contributed by atoms with Gasteiger partial charge in [-0.25, -0.2) is 0 Å². The third kappa shape index (κ3) is 2.69. The highest BCUT2D eigenvalue weighted by Gasteiger charge is 2.43. The van der Waals surface area contributed by atoms with Gasteiger partial charge in [0.2, 0.25) is 5.76 Å². The second kappa shape index (κ2) is 6.72. The van der Waals surface area contributed by atoms with Crippen molar-refractivity contribution in [3.05, 3.63) is 74.6 Å². The summed E-state index contributed by atoms with van der Waals surface area (Å²) in [5.41, 5.74) is 0.849. The van der Waals surface area contributed by atoms with Crippen LogP contribution >= 0.6 is 11.6 Å². The second-order valence-corrected chi connectivity index (χ2v) is 6.62. The van der Waals surface area contributed by atoms with Crippen LogP contribution in [0.3, 0.4) is 0 Å². The number of benzene rings is 2. The predicted molar refractivity (Wildman–Crippen MR) is 100 cm³/mol. The Hall–Kier alpha value is -2.83. The van der Waals surface area contributed by atoms with E-state index in [1.807, 2.05) is 0 Å². The molecule has 0 bridgehead atoms. The third-order valence-electron chi connectivity index (χ3n) is 4.70. The second-order valence-electron chi connectivity index (χ2n) is 6.18. The van der Waals surface area contributed by atoms with Crippen LogP contribution in [0.4, 0.5) is 0 Å².